The molecule has 1 amide bonds. The van der Waals surface area contributed by atoms with Crippen molar-refractivity contribution in [2.75, 3.05) is 6.61 Å². The number of rotatable bonds is 7. The van der Waals surface area contributed by atoms with Gasteiger partial charge >= 0.3 is 0 Å². The van der Waals surface area contributed by atoms with Gasteiger partial charge in [-0.2, -0.15) is 5.10 Å². The molecule has 0 unspecified atom stereocenters. The fraction of sp³-hybridized carbons (Fsp3) is 0.222. The molecule has 0 aliphatic heterocycles. The van der Waals surface area contributed by atoms with Gasteiger partial charge in [-0.1, -0.05) is 31.5 Å². The monoisotopic (exact) mass is 422 g/mol. The van der Waals surface area contributed by atoms with Crippen molar-refractivity contribution in [2.45, 2.75) is 19.8 Å². The van der Waals surface area contributed by atoms with Crippen molar-refractivity contribution < 1.29 is 9.53 Å². The summed E-state index contributed by atoms with van der Waals surface area (Å²) < 4.78 is 6.74. The standard InChI is InChI=1S/C18H19IN2O2/c1-2-3-11-23-17-10-5-4-7-15(17)13-20-21-18(22)14-8-6-9-16(19)12-14/h4-10,12-13H,2-3,11H2,1H3,(H,21,22)/b20-13-. The van der Waals surface area contributed by atoms with E-state index in [9.17, 15) is 4.79 Å². The van der Waals surface area contributed by atoms with Crippen LogP contribution in [0, 0.1) is 3.57 Å². The van der Waals surface area contributed by atoms with Gasteiger partial charge in [-0.05, 0) is 59.3 Å². The normalized spacial score (nSPS) is 10.7. The van der Waals surface area contributed by atoms with Crippen molar-refractivity contribution in [3.8, 4) is 5.75 Å². The third-order valence-corrected chi connectivity index (χ3v) is 3.80. The number of para-hydroxylation sites is 1. The summed E-state index contributed by atoms with van der Waals surface area (Å²) in [7, 11) is 0. The largest absolute Gasteiger partial charge is 0.493 e. The molecule has 5 heteroatoms. The van der Waals surface area contributed by atoms with Crippen LogP contribution in [0.15, 0.2) is 53.6 Å². The molecule has 23 heavy (non-hydrogen) atoms. The van der Waals surface area contributed by atoms with Gasteiger partial charge in [0.15, 0.2) is 0 Å². The van der Waals surface area contributed by atoms with E-state index in [0.717, 1.165) is 27.7 Å². The Labute approximate surface area is 150 Å². The topological polar surface area (TPSA) is 50.7 Å². The van der Waals surface area contributed by atoms with Gasteiger partial charge in [0.25, 0.3) is 5.91 Å². The third-order valence-electron chi connectivity index (χ3n) is 3.13. The summed E-state index contributed by atoms with van der Waals surface area (Å²) in [6.07, 6.45) is 3.70. The molecule has 4 nitrogen and oxygen atoms in total. The van der Waals surface area contributed by atoms with Gasteiger partial charge in [0.05, 0.1) is 12.8 Å². The Bertz CT molecular complexity index is 686. The number of ether oxygens (including phenoxy) is 1. The molecule has 0 heterocycles. The number of benzene rings is 2. The molecule has 120 valence electrons. The fourth-order valence-corrected chi connectivity index (χ4v) is 2.44. The zero-order valence-corrected chi connectivity index (χ0v) is 15.1. The van der Waals surface area contributed by atoms with Crippen LogP contribution in [0.5, 0.6) is 5.75 Å². The van der Waals surface area contributed by atoms with Crippen molar-refractivity contribution in [3.05, 3.63) is 63.2 Å². The molecule has 2 aromatic rings. The van der Waals surface area contributed by atoms with Crippen LogP contribution in [0.2, 0.25) is 0 Å². The second-order valence-corrected chi connectivity index (χ2v) is 6.19. The maximum atomic E-state index is 12.0. The second-order valence-electron chi connectivity index (χ2n) is 4.95. The summed E-state index contributed by atoms with van der Waals surface area (Å²) in [4.78, 5) is 12.0. The van der Waals surface area contributed by atoms with Crippen molar-refractivity contribution >= 4 is 34.7 Å². The van der Waals surface area contributed by atoms with Crippen LogP contribution in [-0.2, 0) is 0 Å². The van der Waals surface area contributed by atoms with Gasteiger partial charge in [-0.25, -0.2) is 5.43 Å². The minimum absolute atomic E-state index is 0.232. The molecule has 0 aliphatic carbocycles. The molecule has 2 rings (SSSR count). The first-order valence-corrected chi connectivity index (χ1v) is 8.59. The molecule has 0 bridgehead atoms. The molecular weight excluding hydrogens is 403 g/mol. The van der Waals surface area contributed by atoms with Gasteiger partial charge in [0.1, 0.15) is 5.75 Å². The van der Waals surface area contributed by atoms with Crippen molar-refractivity contribution in [1.82, 2.24) is 5.43 Å². The van der Waals surface area contributed by atoms with Crippen molar-refractivity contribution in [1.29, 1.82) is 0 Å². The van der Waals surface area contributed by atoms with Crippen LogP contribution in [0.4, 0.5) is 0 Å². The van der Waals surface area contributed by atoms with E-state index in [1.54, 1.807) is 12.3 Å². The van der Waals surface area contributed by atoms with E-state index in [4.69, 9.17) is 4.74 Å². The van der Waals surface area contributed by atoms with Crippen LogP contribution in [-0.4, -0.2) is 18.7 Å². The Balaban J connectivity index is 1.99. The van der Waals surface area contributed by atoms with Crippen molar-refractivity contribution in [3.63, 3.8) is 0 Å². The van der Waals surface area contributed by atoms with Crippen LogP contribution < -0.4 is 10.2 Å². The van der Waals surface area contributed by atoms with E-state index >= 15 is 0 Å². The van der Waals surface area contributed by atoms with Gasteiger partial charge in [0.2, 0.25) is 0 Å². The molecule has 0 aliphatic rings. The van der Waals surface area contributed by atoms with Gasteiger partial charge in [0, 0.05) is 14.7 Å². The Morgan fingerprint density at radius 2 is 2.09 bits per heavy atom. The van der Waals surface area contributed by atoms with Crippen molar-refractivity contribution in [2.24, 2.45) is 5.10 Å². The second kappa shape index (κ2) is 9.29. The Kier molecular flexibility index (Phi) is 7.06. The van der Waals surface area contributed by atoms with Gasteiger partial charge in [-0.15, -0.1) is 0 Å². The Hall–Kier alpha value is -1.89. The molecule has 0 fully saturated rings. The minimum atomic E-state index is -0.232. The molecule has 1 N–H and O–H groups in total. The SMILES string of the molecule is CCCCOc1ccccc1/C=N\NC(=O)c1cccc(I)c1. The number of hydrogen-bond acceptors (Lipinski definition) is 3. The number of nitrogens with zero attached hydrogens (tertiary/aromatic N) is 1. The number of halogens is 1. The first-order valence-electron chi connectivity index (χ1n) is 7.51. The zero-order chi connectivity index (χ0) is 16.5. The van der Waals surface area contributed by atoms with E-state index < -0.39 is 0 Å². The first kappa shape index (κ1) is 17.5. The number of carbonyl (C=O) groups is 1. The highest BCUT2D eigenvalue weighted by Crippen LogP contribution is 2.16. The lowest BCUT2D eigenvalue weighted by Crippen LogP contribution is -2.17. The van der Waals surface area contributed by atoms with E-state index in [2.05, 4.69) is 40.0 Å². The summed E-state index contributed by atoms with van der Waals surface area (Å²) in [5.74, 6) is 0.539. The minimum Gasteiger partial charge on any atom is -0.493 e. The lowest BCUT2D eigenvalue weighted by molar-refractivity contribution is 0.0955. The predicted octanol–water partition coefficient (Wildman–Crippen LogP) is 4.23. The number of nitrogens with one attached hydrogen (secondary N) is 1. The summed E-state index contributed by atoms with van der Waals surface area (Å²) >= 11 is 2.17. The number of hydrazone groups is 1. The van der Waals surface area contributed by atoms with E-state index in [-0.39, 0.29) is 5.91 Å². The van der Waals surface area contributed by atoms with E-state index in [1.165, 1.54) is 0 Å². The van der Waals surface area contributed by atoms with Gasteiger partial charge < -0.3 is 4.74 Å². The Morgan fingerprint density at radius 3 is 2.87 bits per heavy atom. The molecule has 0 radical (unpaired) electrons. The molecule has 0 aromatic heterocycles. The first-order chi connectivity index (χ1) is 11.2. The average molecular weight is 422 g/mol. The molecule has 0 saturated carbocycles. The smallest absolute Gasteiger partial charge is 0.271 e. The fourth-order valence-electron chi connectivity index (χ4n) is 1.90. The van der Waals surface area contributed by atoms with Crippen LogP contribution in [0.1, 0.15) is 35.7 Å². The molecular formula is C18H19IN2O2. The highest BCUT2D eigenvalue weighted by molar-refractivity contribution is 14.1. The summed E-state index contributed by atoms with van der Waals surface area (Å²) in [6, 6.07) is 15.0. The zero-order valence-electron chi connectivity index (χ0n) is 13.0. The number of carbonyl (C=O) groups excluding carboxylic acids is 1. The third kappa shape index (κ3) is 5.67. The number of hydrogen-bond donors (Lipinski definition) is 1. The lowest BCUT2D eigenvalue weighted by atomic mass is 10.2. The molecule has 0 atom stereocenters. The van der Waals surface area contributed by atoms with E-state index in [1.807, 2.05) is 42.5 Å². The molecule has 0 spiro atoms. The lowest BCUT2D eigenvalue weighted by Gasteiger charge is -2.08. The highest BCUT2D eigenvalue weighted by atomic mass is 127. The van der Waals surface area contributed by atoms with Gasteiger partial charge in [-0.3, -0.25) is 4.79 Å². The van der Waals surface area contributed by atoms with Crippen LogP contribution in [0.25, 0.3) is 0 Å². The highest BCUT2D eigenvalue weighted by Gasteiger charge is 2.04. The number of amides is 1. The maximum absolute atomic E-state index is 12.0. The predicted molar refractivity (Wildman–Crippen MR) is 101 cm³/mol. The number of unbranched alkanes of at least 4 members (excludes halogenated alkanes) is 1. The molecule has 2 aromatic carbocycles. The summed E-state index contributed by atoms with van der Waals surface area (Å²) in [5, 5.41) is 4.03. The van der Waals surface area contributed by atoms with E-state index in [0.29, 0.717) is 12.2 Å². The molecule has 0 saturated heterocycles. The quantitative estimate of drug-likeness (QED) is 0.314. The Morgan fingerprint density at radius 1 is 1.26 bits per heavy atom. The van der Waals surface area contributed by atoms with Crippen LogP contribution >= 0.6 is 22.6 Å². The maximum Gasteiger partial charge on any atom is 0.271 e. The van der Waals surface area contributed by atoms with Crippen LogP contribution in [0.3, 0.4) is 0 Å². The summed E-state index contributed by atoms with van der Waals surface area (Å²) in [6.45, 7) is 2.80. The average Bonchev–Trinajstić information content (AvgIpc) is 2.56. The summed E-state index contributed by atoms with van der Waals surface area (Å²) in [5.41, 5.74) is 3.96.